The second kappa shape index (κ2) is 10.0. The average Bonchev–Trinajstić information content (AvgIpc) is 3.14. The molecule has 0 radical (unpaired) electrons. The SMILES string of the molecule is CCCCCCCCOc1c(C)cc(C(=O)n2c3ccccc3c3ccccc32)cc1C. The number of nitrogens with zero attached hydrogens (tertiary/aromatic N) is 1. The summed E-state index contributed by atoms with van der Waals surface area (Å²) in [6.45, 7) is 7.04. The lowest BCUT2D eigenvalue weighted by Gasteiger charge is -2.15. The van der Waals surface area contributed by atoms with Gasteiger partial charge in [-0.1, -0.05) is 75.4 Å². The van der Waals surface area contributed by atoms with Crippen LogP contribution in [0, 0.1) is 13.8 Å². The van der Waals surface area contributed by atoms with Gasteiger partial charge in [0.2, 0.25) is 0 Å². The number of hydrogen-bond donors (Lipinski definition) is 0. The molecule has 0 fully saturated rings. The number of para-hydroxylation sites is 2. The van der Waals surface area contributed by atoms with Gasteiger partial charge in [-0.15, -0.1) is 0 Å². The van der Waals surface area contributed by atoms with Crippen LogP contribution in [0.15, 0.2) is 60.7 Å². The number of rotatable bonds is 9. The van der Waals surface area contributed by atoms with Crippen molar-refractivity contribution in [2.24, 2.45) is 0 Å². The van der Waals surface area contributed by atoms with Crippen molar-refractivity contribution in [1.29, 1.82) is 0 Å². The largest absolute Gasteiger partial charge is 0.493 e. The maximum absolute atomic E-state index is 13.7. The molecule has 0 aliphatic carbocycles. The normalized spacial score (nSPS) is 11.3. The number of fused-ring (bicyclic) bond motifs is 3. The molecule has 0 unspecified atom stereocenters. The molecule has 1 aromatic heterocycles. The summed E-state index contributed by atoms with van der Waals surface area (Å²) >= 11 is 0. The number of hydrogen-bond acceptors (Lipinski definition) is 2. The van der Waals surface area contributed by atoms with Gasteiger partial charge in [-0.2, -0.15) is 0 Å². The van der Waals surface area contributed by atoms with Gasteiger partial charge in [0.25, 0.3) is 5.91 Å². The molecule has 1 heterocycles. The molecule has 0 N–H and O–H groups in total. The number of aromatic nitrogens is 1. The zero-order valence-electron chi connectivity index (χ0n) is 19.5. The molecular formula is C29H33NO2. The zero-order valence-corrected chi connectivity index (χ0v) is 19.5. The first kappa shape index (κ1) is 22.1. The Labute approximate surface area is 191 Å². The summed E-state index contributed by atoms with van der Waals surface area (Å²) in [4.78, 5) is 13.7. The summed E-state index contributed by atoms with van der Waals surface area (Å²) in [6.07, 6.45) is 7.47. The predicted molar refractivity (Wildman–Crippen MR) is 134 cm³/mol. The summed E-state index contributed by atoms with van der Waals surface area (Å²) in [5.74, 6) is 0.911. The van der Waals surface area contributed by atoms with E-state index in [-0.39, 0.29) is 5.91 Å². The molecular weight excluding hydrogens is 394 g/mol. The van der Waals surface area contributed by atoms with Crippen molar-refractivity contribution in [3.05, 3.63) is 77.4 Å². The fourth-order valence-electron chi connectivity index (χ4n) is 4.63. The van der Waals surface area contributed by atoms with Crippen LogP contribution in [0.1, 0.15) is 66.9 Å². The van der Waals surface area contributed by atoms with E-state index < -0.39 is 0 Å². The monoisotopic (exact) mass is 427 g/mol. The molecule has 0 aliphatic rings. The van der Waals surface area contributed by atoms with Crippen LogP contribution in [0.3, 0.4) is 0 Å². The van der Waals surface area contributed by atoms with Gasteiger partial charge in [0.15, 0.2) is 0 Å². The van der Waals surface area contributed by atoms with Crippen LogP contribution in [0.25, 0.3) is 21.8 Å². The maximum atomic E-state index is 13.7. The first-order valence-corrected chi connectivity index (χ1v) is 11.9. The molecule has 3 nitrogen and oxygen atoms in total. The van der Waals surface area contributed by atoms with E-state index in [4.69, 9.17) is 4.74 Å². The highest BCUT2D eigenvalue weighted by molar-refractivity contribution is 6.16. The van der Waals surface area contributed by atoms with Gasteiger partial charge in [-0.3, -0.25) is 9.36 Å². The van der Waals surface area contributed by atoms with Crippen molar-refractivity contribution in [3.63, 3.8) is 0 Å². The molecule has 4 rings (SSSR count). The minimum Gasteiger partial charge on any atom is -0.493 e. The van der Waals surface area contributed by atoms with Crippen LogP contribution in [0.2, 0.25) is 0 Å². The molecule has 3 aromatic carbocycles. The topological polar surface area (TPSA) is 31.2 Å². The van der Waals surface area contributed by atoms with Crippen LogP contribution >= 0.6 is 0 Å². The summed E-state index contributed by atoms with van der Waals surface area (Å²) in [5.41, 5.74) is 4.61. The fraction of sp³-hybridized carbons (Fsp3) is 0.345. The maximum Gasteiger partial charge on any atom is 0.262 e. The molecule has 32 heavy (non-hydrogen) atoms. The third kappa shape index (κ3) is 4.43. The minimum absolute atomic E-state index is 0.00364. The highest BCUT2D eigenvalue weighted by Gasteiger charge is 2.19. The number of carbonyl (C=O) groups is 1. The van der Waals surface area contributed by atoms with Gasteiger partial charge in [0.05, 0.1) is 17.6 Å². The standard InChI is InChI=1S/C29H33NO2/c1-4-5-6-7-8-13-18-32-28-21(2)19-23(20-22(28)3)29(31)30-26-16-11-9-14-24(26)25-15-10-12-17-27(25)30/h9-12,14-17,19-20H,4-8,13,18H2,1-3H3. The Morgan fingerprint density at radius 1 is 0.781 bits per heavy atom. The smallest absolute Gasteiger partial charge is 0.262 e. The summed E-state index contributed by atoms with van der Waals surface area (Å²) in [5, 5.41) is 2.20. The van der Waals surface area contributed by atoms with Crippen molar-refractivity contribution in [3.8, 4) is 5.75 Å². The van der Waals surface area contributed by atoms with E-state index >= 15 is 0 Å². The van der Waals surface area contributed by atoms with Gasteiger partial charge in [0, 0.05) is 16.3 Å². The van der Waals surface area contributed by atoms with E-state index in [1.165, 1.54) is 32.1 Å². The molecule has 4 aromatic rings. The molecule has 0 saturated heterocycles. The van der Waals surface area contributed by atoms with E-state index in [0.717, 1.165) is 51.7 Å². The van der Waals surface area contributed by atoms with Crippen LogP contribution in [0.5, 0.6) is 5.75 Å². The Morgan fingerprint density at radius 2 is 1.31 bits per heavy atom. The Hall–Kier alpha value is -3.07. The van der Waals surface area contributed by atoms with Crippen molar-refractivity contribution < 1.29 is 9.53 Å². The fourth-order valence-corrected chi connectivity index (χ4v) is 4.63. The van der Waals surface area contributed by atoms with E-state index in [1.54, 1.807) is 0 Å². The second-order valence-electron chi connectivity index (χ2n) is 8.73. The summed E-state index contributed by atoms with van der Waals surface area (Å²) in [7, 11) is 0. The molecule has 0 saturated carbocycles. The number of ether oxygens (including phenoxy) is 1. The molecule has 0 amide bonds. The third-order valence-electron chi connectivity index (χ3n) is 6.23. The third-order valence-corrected chi connectivity index (χ3v) is 6.23. The lowest BCUT2D eigenvalue weighted by Crippen LogP contribution is -2.13. The average molecular weight is 428 g/mol. The molecule has 0 aliphatic heterocycles. The van der Waals surface area contributed by atoms with E-state index in [9.17, 15) is 4.79 Å². The first-order valence-electron chi connectivity index (χ1n) is 11.9. The summed E-state index contributed by atoms with van der Waals surface area (Å²) in [6, 6.07) is 20.2. The van der Waals surface area contributed by atoms with Crippen molar-refractivity contribution in [2.75, 3.05) is 6.61 Å². The van der Waals surface area contributed by atoms with Crippen molar-refractivity contribution in [2.45, 2.75) is 59.3 Å². The quantitative estimate of drug-likeness (QED) is 0.255. The van der Waals surface area contributed by atoms with Gasteiger partial charge < -0.3 is 4.74 Å². The number of benzene rings is 3. The van der Waals surface area contributed by atoms with E-state index in [1.807, 2.05) is 66.9 Å². The lowest BCUT2D eigenvalue weighted by molar-refractivity contribution is 0.0969. The van der Waals surface area contributed by atoms with Gasteiger partial charge in [-0.25, -0.2) is 0 Å². The number of carbonyl (C=O) groups excluding carboxylic acids is 1. The van der Waals surface area contributed by atoms with Crippen molar-refractivity contribution in [1.82, 2.24) is 4.57 Å². The van der Waals surface area contributed by atoms with Crippen molar-refractivity contribution >= 4 is 27.7 Å². The van der Waals surface area contributed by atoms with Crippen LogP contribution in [0.4, 0.5) is 0 Å². The van der Waals surface area contributed by atoms with Gasteiger partial charge in [0.1, 0.15) is 5.75 Å². The van der Waals surface area contributed by atoms with E-state index in [2.05, 4.69) is 19.1 Å². The Kier molecular flexibility index (Phi) is 6.94. The molecule has 0 atom stereocenters. The molecule has 0 bridgehead atoms. The minimum atomic E-state index is -0.00364. The first-order chi connectivity index (χ1) is 15.6. The highest BCUT2D eigenvalue weighted by Crippen LogP contribution is 2.31. The van der Waals surface area contributed by atoms with Crippen LogP contribution in [-0.2, 0) is 0 Å². The molecule has 0 spiro atoms. The zero-order chi connectivity index (χ0) is 22.5. The predicted octanol–water partition coefficient (Wildman–Crippen LogP) is 7.84. The Balaban J connectivity index is 1.57. The number of unbranched alkanes of at least 4 members (excludes halogenated alkanes) is 5. The molecule has 3 heteroatoms. The Bertz CT molecular complexity index is 1160. The van der Waals surface area contributed by atoms with Gasteiger partial charge >= 0.3 is 0 Å². The molecule has 166 valence electrons. The highest BCUT2D eigenvalue weighted by atomic mass is 16.5. The Morgan fingerprint density at radius 3 is 1.91 bits per heavy atom. The van der Waals surface area contributed by atoms with Crippen LogP contribution in [-0.4, -0.2) is 17.1 Å². The van der Waals surface area contributed by atoms with Gasteiger partial charge in [-0.05, 0) is 55.7 Å². The van der Waals surface area contributed by atoms with E-state index in [0.29, 0.717) is 5.56 Å². The lowest BCUT2D eigenvalue weighted by atomic mass is 10.0. The summed E-state index contributed by atoms with van der Waals surface area (Å²) < 4.78 is 7.96. The van der Waals surface area contributed by atoms with Crippen LogP contribution < -0.4 is 4.74 Å². The number of aryl methyl sites for hydroxylation is 2. The second-order valence-corrected chi connectivity index (χ2v) is 8.73.